The fraction of sp³-hybridized carbons (Fsp3) is 0.765. The molecule has 2 aliphatic heterocycles. The van der Waals surface area contributed by atoms with Gasteiger partial charge in [0.2, 0.25) is 0 Å². The van der Waals surface area contributed by atoms with E-state index >= 15 is 0 Å². The summed E-state index contributed by atoms with van der Waals surface area (Å²) in [5.74, 6) is 1.11. The van der Waals surface area contributed by atoms with E-state index < -0.39 is 42.2 Å². The van der Waals surface area contributed by atoms with Crippen LogP contribution in [0.25, 0.3) is 0 Å². The number of terminal acetylenes is 1. The molecule has 0 spiro atoms. The van der Waals surface area contributed by atoms with Crippen LogP contribution in [0.15, 0.2) is 0 Å². The molecule has 2 saturated heterocycles. The lowest BCUT2D eigenvalue weighted by Gasteiger charge is -2.34. The highest BCUT2D eigenvalue weighted by atomic mass is 16.8. The summed E-state index contributed by atoms with van der Waals surface area (Å²) >= 11 is 0. The number of alkyl carbamates (subject to hydrolysis) is 1. The van der Waals surface area contributed by atoms with Crippen molar-refractivity contribution in [3.8, 4) is 12.3 Å². The third kappa shape index (κ3) is 4.69. The number of carbonyl (C=O) groups is 2. The normalized spacial score (nSPS) is 31.7. The lowest BCUT2D eigenvalue weighted by molar-refractivity contribution is -0.150. The molecule has 4 atom stereocenters. The Bertz CT molecular complexity index is 544. The van der Waals surface area contributed by atoms with Gasteiger partial charge in [0, 0.05) is 0 Å². The fourth-order valence-electron chi connectivity index (χ4n) is 2.78. The summed E-state index contributed by atoms with van der Waals surface area (Å²) in [6.07, 6.45) is 3.25. The molecule has 7 nitrogen and oxygen atoms in total. The number of nitrogens with one attached hydrogen (secondary N) is 1. The van der Waals surface area contributed by atoms with Gasteiger partial charge >= 0.3 is 12.1 Å². The van der Waals surface area contributed by atoms with Crippen LogP contribution in [0.2, 0.25) is 0 Å². The number of amides is 1. The first-order valence-corrected chi connectivity index (χ1v) is 7.95. The highest BCUT2D eigenvalue weighted by molar-refractivity contribution is 5.84. The van der Waals surface area contributed by atoms with Crippen molar-refractivity contribution in [2.75, 3.05) is 6.61 Å². The van der Waals surface area contributed by atoms with Gasteiger partial charge in [0.05, 0.1) is 19.1 Å². The highest BCUT2D eigenvalue weighted by Crippen LogP contribution is 2.35. The second kappa shape index (κ2) is 6.71. The maximum absolute atomic E-state index is 12.0. The van der Waals surface area contributed by atoms with E-state index in [9.17, 15) is 9.59 Å². The molecule has 0 aromatic heterocycles. The van der Waals surface area contributed by atoms with E-state index in [2.05, 4.69) is 11.2 Å². The second-order valence-electron chi connectivity index (χ2n) is 7.74. The maximum Gasteiger partial charge on any atom is 0.415 e. The first-order chi connectivity index (χ1) is 11.0. The number of ether oxygens (including phenoxy) is 4. The van der Waals surface area contributed by atoms with Crippen LogP contribution < -0.4 is 5.32 Å². The van der Waals surface area contributed by atoms with Gasteiger partial charge < -0.3 is 24.3 Å². The largest absolute Gasteiger partial charge is 0.415 e. The standard InChI is InChI=1S/C17H25NO6/c1-7-11-14-13(23-17(5,6)24-14)10(9-21-11)18-15(20)22-12(19)8-16(2,3)4/h1,10-11,13-14H,8-9H2,2-6H3,(H,18,20)/t10-,11+,13+,14-/m0/s1. The molecule has 0 aromatic carbocycles. The number of esters is 1. The van der Waals surface area contributed by atoms with E-state index in [0.717, 1.165) is 0 Å². The first-order valence-electron chi connectivity index (χ1n) is 7.95. The second-order valence-corrected chi connectivity index (χ2v) is 7.74. The molecule has 2 rings (SSSR count). The van der Waals surface area contributed by atoms with Crippen LogP contribution in [0, 0.1) is 17.8 Å². The Hall–Kier alpha value is -1.62. The van der Waals surface area contributed by atoms with Gasteiger partial charge in [-0.1, -0.05) is 26.7 Å². The van der Waals surface area contributed by atoms with Gasteiger partial charge in [0.1, 0.15) is 18.3 Å². The maximum atomic E-state index is 12.0. The minimum Gasteiger partial charge on any atom is -0.376 e. The predicted octanol–water partition coefficient (Wildman–Crippen LogP) is 1.60. The van der Waals surface area contributed by atoms with Gasteiger partial charge in [-0.2, -0.15) is 0 Å². The average Bonchev–Trinajstić information content (AvgIpc) is 2.72. The molecule has 24 heavy (non-hydrogen) atoms. The van der Waals surface area contributed by atoms with Crippen molar-refractivity contribution in [1.29, 1.82) is 0 Å². The zero-order chi connectivity index (χ0) is 18.1. The minimum atomic E-state index is -0.830. The lowest BCUT2D eigenvalue weighted by Crippen LogP contribution is -2.57. The van der Waals surface area contributed by atoms with Gasteiger partial charge in [0.25, 0.3) is 0 Å². The van der Waals surface area contributed by atoms with Crippen LogP contribution in [-0.4, -0.2) is 48.8 Å². The van der Waals surface area contributed by atoms with Crippen molar-refractivity contribution in [2.45, 2.75) is 71.2 Å². The molecule has 0 radical (unpaired) electrons. The SMILES string of the molecule is C#C[C@H]1OC[C@H](NC(=O)OC(=O)CC(C)(C)C)[C@H]2OC(C)(C)O[C@H]21. The van der Waals surface area contributed by atoms with Crippen LogP contribution in [0.5, 0.6) is 0 Å². The third-order valence-corrected chi connectivity index (χ3v) is 3.66. The Morgan fingerprint density at radius 3 is 2.50 bits per heavy atom. The van der Waals surface area contributed by atoms with Crippen molar-refractivity contribution in [3.63, 3.8) is 0 Å². The van der Waals surface area contributed by atoms with Gasteiger partial charge in [-0.3, -0.25) is 4.79 Å². The molecule has 0 bridgehead atoms. The molecule has 1 amide bonds. The molecule has 2 aliphatic rings. The van der Waals surface area contributed by atoms with Gasteiger partial charge in [-0.05, 0) is 19.3 Å². The topological polar surface area (TPSA) is 83.1 Å². The van der Waals surface area contributed by atoms with Crippen LogP contribution >= 0.6 is 0 Å². The van der Waals surface area contributed by atoms with Crippen LogP contribution in [-0.2, 0) is 23.7 Å². The van der Waals surface area contributed by atoms with Crippen molar-refractivity contribution >= 4 is 12.1 Å². The van der Waals surface area contributed by atoms with E-state index in [4.69, 9.17) is 25.4 Å². The number of carbonyl (C=O) groups excluding carboxylic acids is 2. The molecular weight excluding hydrogens is 314 g/mol. The number of fused-ring (bicyclic) bond motifs is 1. The average molecular weight is 339 g/mol. The molecule has 134 valence electrons. The quantitative estimate of drug-likeness (QED) is 0.467. The predicted molar refractivity (Wildman–Crippen MR) is 84.9 cm³/mol. The van der Waals surface area contributed by atoms with Crippen molar-refractivity contribution in [1.82, 2.24) is 5.32 Å². The Morgan fingerprint density at radius 1 is 1.29 bits per heavy atom. The van der Waals surface area contributed by atoms with E-state index in [1.54, 1.807) is 13.8 Å². The van der Waals surface area contributed by atoms with Crippen molar-refractivity contribution in [2.24, 2.45) is 5.41 Å². The molecule has 2 fully saturated rings. The summed E-state index contributed by atoms with van der Waals surface area (Å²) in [6, 6.07) is -0.517. The van der Waals surface area contributed by atoms with Gasteiger partial charge in [-0.25, -0.2) is 4.79 Å². The zero-order valence-corrected chi connectivity index (χ0v) is 14.8. The highest BCUT2D eigenvalue weighted by Gasteiger charge is 2.52. The molecule has 1 N–H and O–H groups in total. The van der Waals surface area contributed by atoms with Crippen LogP contribution in [0.1, 0.15) is 41.0 Å². The Labute approximate surface area is 142 Å². The molecule has 0 aliphatic carbocycles. The summed E-state index contributed by atoms with van der Waals surface area (Å²) < 4.78 is 21.9. The summed E-state index contributed by atoms with van der Waals surface area (Å²) in [6.45, 7) is 9.34. The Morgan fingerprint density at radius 2 is 1.92 bits per heavy atom. The lowest BCUT2D eigenvalue weighted by atomic mass is 9.93. The smallest absolute Gasteiger partial charge is 0.376 e. The number of rotatable bonds is 2. The summed E-state index contributed by atoms with van der Waals surface area (Å²) in [5, 5.41) is 2.61. The fourth-order valence-corrected chi connectivity index (χ4v) is 2.78. The van der Waals surface area contributed by atoms with E-state index in [1.807, 2.05) is 20.8 Å². The molecule has 0 aromatic rings. The molecule has 7 heteroatoms. The van der Waals surface area contributed by atoms with Crippen LogP contribution in [0.3, 0.4) is 0 Å². The first kappa shape index (κ1) is 18.7. The van der Waals surface area contributed by atoms with E-state index in [0.29, 0.717) is 0 Å². The third-order valence-electron chi connectivity index (χ3n) is 3.66. The van der Waals surface area contributed by atoms with E-state index in [1.165, 1.54) is 0 Å². The number of hydrogen-bond donors (Lipinski definition) is 1. The van der Waals surface area contributed by atoms with Gasteiger partial charge in [0.15, 0.2) is 5.79 Å². The summed E-state index contributed by atoms with van der Waals surface area (Å²) in [5.41, 5.74) is -0.261. The van der Waals surface area contributed by atoms with Crippen LogP contribution in [0.4, 0.5) is 4.79 Å². The summed E-state index contributed by atoms with van der Waals surface area (Å²) in [7, 11) is 0. The Balaban J connectivity index is 1.96. The zero-order valence-electron chi connectivity index (χ0n) is 14.8. The molecular formula is C17H25NO6. The summed E-state index contributed by atoms with van der Waals surface area (Å²) in [4.78, 5) is 23.7. The molecule has 2 heterocycles. The minimum absolute atomic E-state index is 0.138. The number of hydrogen-bond acceptors (Lipinski definition) is 6. The molecule has 0 unspecified atom stereocenters. The Kier molecular flexibility index (Phi) is 5.23. The monoisotopic (exact) mass is 339 g/mol. The van der Waals surface area contributed by atoms with Crippen molar-refractivity contribution in [3.05, 3.63) is 0 Å². The van der Waals surface area contributed by atoms with Crippen molar-refractivity contribution < 1.29 is 28.5 Å². The van der Waals surface area contributed by atoms with E-state index in [-0.39, 0.29) is 18.4 Å². The molecule has 0 saturated carbocycles. The van der Waals surface area contributed by atoms with Gasteiger partial charge in [-0.15, -0.1) is 6.42 Å².